The van der Waals surface area contributed by atoms with Gasteiger partial charge >= 0.3 is 6.09 Å². The van der Waals surface area contributed by atoms with Crippen LogP contribution in [0.25, 0.3) is 0 Å². The number of nitrogens with two attached hydrogens (primary N) is 1. The summed E-state index contributed by atoms with van der Waals surface area (Å²) < 4.78 is 5.31. The van der Waals surface area contributed by atoms with Gasteiger partial charge in [0, 0.05) is 24.5 Å². The molecule has 0 radical (unpaired) electrons. The number of hydrogen-bond acceptors (Lipinski definition) is 3. The summed E-state index contributed by atoms with van der Waals surface area (Å²) in [5, 5.41) is 0.899. The second kappa shape index (κ2) is 5.36. The van der Waals surface area contributed by atoms with Crippen LogP contribution in [-0.2, 0) is 4.74 Å². The Morgan fingerprint density at radius 1 is 1.56 bits per heavy atom. The van der Waals surface area contributed by atoms with E-state index in [9.17, 15) is 4.79 Å². The van der Waals surface area contributed by atoms with Crippen LogP contribution in [-0.4, -0.2) is 41.1 Å². The van der Waals surface area contributed by atoms with Crippen LogP contribution in [0, 0.1) is 5.92 Å². The molecule has 1 aliphatic rings. The molecule has 0 aromatic rings. The van der Waals surface area contributed by atoms with Crippen LogP contribution in [0.15, 0.2) is 0 Å². The van der Waals surface area contributed by atoms with Crippen LogP contribution in [0.3, 0.4) is 0 Å². The Morgan fingerprint density at radius 2 is 2.19 bits per heavy atom. The smallest absolute Gasteiger partial charge is 0.410 e. The molecule has 2 unspecified atom stereocenters. The van der Waals surface area contributed by atoms with Gasteiger partial charge in [-0.25, -0.2) is 4.79 Å². The van der Waals surface area contributed by atoms with E-state index >= 15 is 0 Å². The van der Waals surface area contributed by atoms with Crippen LogP contribution >= 0.6 is 15.9 Å². The number of piperidine rings is 1. The number of likely N-dealkylation sites (tertiary alicyclic amines) is 1. The molecule has 1 heterocycles. The Hall–Kier alpha value is -0.290. The van der Waals surface area contributed by atoms with Crippen molar-refractivity contribution in [1.82, 2.24) is 4.90 Å². The summed E-state index contributed by atoms with van der Waals surface area (Å²) in [7, 11) is 0. The van der Waals surface area contributed by atoms with E-state index in [0.29, 0.717) is 12.5 Å². The summed E-state index contributed by atoms with van der Waals surface area (Å²) in [5.74, 6) is 0.457. The number of halogens is 1. The number of carbonyl (C=O) groups is 1. The van der Waals surface area contributed by atoms with Crippen molar-refractivity contribution >= 4 is 22.0 Å². The predicted octanol–water partition coefficient (Wildman–Crippen LogP) is 1.97. The topological polar surface area (TPSA) is 55.6 Å². The summed E-state index contributed by atoms with van der Waals surface area (Å²) in [6, 6.07) is 0.0423. The predicted molar refractivity (Wildman–Crippen MR) is 67.7 cm³/mol. The largest absolute Gasteiger partial charge is 0.444 e. The van der Waals surface area contributed by atoms with Crippen molar-refractivity contribution in [3.05, 3.63) is 0 Å². The van der Waals surface area contributed by atoms with E-state index in [1.165, 1.54) is 0 Å². The Bertz CT molecular complexity index is 253. The fraction of sp³-hybridized carbons (Fsp3) is 0.909. The van der Waals surface area contributed by atoms with E-state index in [-0.39, 0.29) is 12.1 Å². The van der Waals surface area contributed by atoms with Gasteiger partial charge in [-0.1, -0.05) is 15.9 Å². The maximum Gasteiger partial charge on any atom is 0.410 e. The highest BCUT2D eigenvalue weighted by Gasteiger charge is 2.30. The van der Waals surface area contributed by atoms with Gasteiger partial charge in [0.05, 0.1) is 0 Å². The lowest BCUT2D eigenvalue weighted by atomic mass is 9.94. The SMILES string of the molecule is CC(C)(C)OC(=O)N1CCC(CBr)C(N)C1. The molecule has 1 aliphatic heterocycles. The van der Waals surface area contributed by atoms with E-state index in [1.807, 2.05) is 20.8 Å². The number of ether oxygens (including phenoxy) is 1. The van der Waals surface area contributed by atoms with Crippen LogP contribution < -0.4 is 5.73 Å². The molecule has 1 fully saturated rings. The van der Waals surface area contributed by atoms with E-state index in [2.05, 4.69) is 15.9 Å². The summed E-state index contributed by atoms with van der Waals surface area (Å²) in [4.78, 5) is 13.5. The first-order valence-electron chi connectivity index (χ1n) is 5.63. The van der Waals surface area contributed by atoms with Gasteiger partial charge in [0.2, 0.25) is 0 Å². The lowest BCUT2D eigenvalue weighted by Crippen LogP contribution is -2.52. The van der Waals surface area contributed by atoms with Crippen molar-refractivity contribution in [2.75, 3.05) is 18.4 Å². The molecule has 2 N–H and O–H groups in total. The monoisotopic (exact) mass is 292 g/mol. The third-order valence-electron chi connectivity index (χ3n) is 2.66. The lowest BCUT2D eigenvalue weighted by molar-refractivity contribution is 0.0169. The Kier molecular flexibility index (Phi) is 4.62. The Morgan fingerprint density at radius 3 is 2.62 bits per heavy atom. The van der Waals surface area contributed by atoms with Crippen molar-refractivity contribution in [1.29, 1.82) is 0 Å². The van der Waals surface area contributed by atoms with Gasteiger partial charge in [0.15, 0.2) is 0 Å². The third kappa shape index (κ3) is 3.94. The zero-order valence-electron chi connectivity index (χ0n) is 10.2. The first kappa shape index (κ1) is 13.8. The van der Waals surface area contributed by atoms with Gasteiger partial charge in [-0.15, -0.1) is 0 Å². The zero-order chi connectivity index (χ0) is 12.3. The molecule has 0 spiro atoms. The average Bonchev–Trinajstić information content (AvgIpc) is 2.15. The highest BCUT2D eigenvalue weighted by Crippen LogP contribution is 2.20. The molecule has 94 valence electrons. The molecule has 1 amide bonds. The highest BCUT2D eigenvalue weighted by molar-refractivity contribution is 9.09. The molecule has 1 rings (SSSR count). The first-order chi connectivity index (χ1) is 7.33. The molecule has 0 bridgehead atoms. The van der Waals surface area contributed by atoms with Gasteiger partial charge in [0.1, 0.15) is 5.60 Å². The summed E-state index contributed by atoms with van der Waals surface area (Å²) >= 11 is 3.44. The lowest BCUT2D eigenvalue weighted by Gasteiger charge is -2.36. The normalized spacial score (nSPS) is 26.7. The number of carbonyl (C=O) groups excluding carboxylic acids is 1. The number of alkyl halides is 1. The molecule has 0 aromatic carbocycles. The first-order valence-corrected chi connectivity index (χ1v) is 6.75. The maximum atomic E-state index is 11.8. The molecule has 0 aromatic heterocycles. The molecular formula is C11H21BrN2O2. The van der Waals surface area contributed by atoms with Crippen molar-refractivity contribution < 1.29 is 9.53 Å². The van der Waals surface area contributed by atoms with Gasteiger partial charge in [-0.05, 0) is 33.1 Å². The summed E-state index contributed by atoms with van der Waals surface area (Å²) in [6.07, 6.45) is 0.682. The molecule has 2 atom stereocenters. The van der Waals surface area contributed by atoms with Gasteiger partial charge < -0.3 is 15.4 Å². The van der Waals surface area contributed by atoms with Crippen LogP contribution in [0.1, 0.15) is 27.2 Å². The second-order valence-corrected chi connectivity index (χ2v) is 5.94. The van der Waals surface area contributed by atoms with Crippen molar-refractivity contribution in [2.24, 2.45) is 11.7 Å². The zero-order valence-corrected chi connectivity index (χ0v) is 11.8. The fourth-order valence-corrected chi connectivity index (χ4v) is 2.52. The molecule has 16 heavy (non-hydrogen) atoms. The van der Waals surface area contributed by atoms with Crippen LogP contribution in [0.5, 0.6) is 0 Å². The Labute approximate surface area is 106 Å². The van der Waals surface area contributed by atoms with E-state index in [1.54, 1.807) is 4.90 Å². The highest BCUT2D eigenvalue weighted by atomic mass is 79.9. The fourth-order valence-electron chi connectivity index (χ4n) is 1.71. The number of amides is 1. The molecule has 4 nitrogen and oxygen atoms in total. The number of nitrogens with zero attached hydrogens (tertiary/aromatic N) is 1. The summed E-state index contributed by atoms with van der Waals surface area (Å²) in [5.41, 5.74) is 5.56. The molecule has 0 aliphatic carbocycles. The van der Waals surface area contributed by atoms with Gasteiger partial charge in [-0.3, -0.25) is 0 Å². The number of hydrogen-bond donors (Lipinski definition) is 1. The standard InChI is InChI=1S/C11H21BrN2O2/c1-11(2,3)16-10(15)14-5-4-8(6-12)9(13)7-14/h8-9H,4-7,13H2,1-3H3. The van der Waals surface area contributed by atoms with Crippen molar-refractivity contribution in [2.45, 2.75) is 38.8 Å². The van der Waals surface area contributed by atoms with Crippen molar-refractivity contribution in [3.63, 3.8) is 0 Å². The van der Waals surface area contributed by atoms with E-state index in [4.69, 9.17) is 10.5 Å². The van der Waals surface area contributed by atoms with Crippen molar-refractivity contribution in [3.8, 4) is 0 Å². The van der Waals surface area contributed by atoms with Gasteiger partial charge in [0.25, 0.3) is 0 Å². The minimum Gasteiger partial charge on any atom is -0.444 e. The van der Waals surface area contributed by atoms with Crippen LogP contribution in [0.4, 0.5) is 4.79 Å². The number of rotatable bonds is 1. The molecule has 1 saturated heterocycles. The quantitative estimate of drug-likeness (QED) is 0.752. The molecule has 5 heteroatoms. The minimum atomic E-state index is -0.437. The molecule has 0 saturated carbocycles. The van der Waals surface area contributed by atoms with Gasteiger partial charge in [-0.2, -0.15) is 0 Å². The Balaban J connectivity index is 2.48. The maximum absolute atomic E-state index is 11.8. The third-order valence-corrected chi connectivity index (χ3v) is 3.49. The van der Waals surface area contributed by atoms with Crippen LogP contribution in [0.2, 0.25) is 0 Å². The minimum absolute atomic E-state index is 0.0423. The summed E-state index contributed by atoms with van der Waals surface area (Å²) in [6.45, 7) is 6.94. The molecular weight excluding hydrogens is 272 g/mol. The van der Waals surface area contributed by atoms with E-state index in [0.717, 1.165) is 18.3 Å². The van der Waals surface area contributed by atoms with E-state index < -0.39 is 5.60 Å². The average molecular weight is 293 g/mol. The second-order valence-electron chi connectivity index (χ2n) is 5.29.